The Labute approximate surface area is 180 Å². The second-order valence-electron chi connectivity index (χ2n) is 9.42. The molecule has 3 N–H and O–H groups in total. The average Bonchev–Trinajstić information content (AvgIpc) is 2.62. The first-order chi connectivity index (χ1) is 14.0. The number of rotatable bonds is 10. The number of hydrogen-bond acceptors (Lipinski definition) is 5. The highest BCUT2D eigenvalue weighted by Gasteiger charge is 2.41. The van der Waals surface area contributed by atoms with E-state index in [4.69, 9.17) is 9.47 Å². The Balaban J connectivity index is 2.46. The standard InChI is InChI=1S/C22H39N3O5/c1-7-8-9-23-19(27)25-17-12-21(4,5)14-22(6,13-17)15-24-20(28)30-11-10-29-18(26)16(2)3/h17H,2,7-15H2,1,3-6H3,(H,24,28)(H2,23,25,27). The van der Waals surface area contributed by atoms with Crippen molar-refractivity contribution < 1.29 is 23.9 Å². The smallest absolute Gasteiger partial charge is 0.407 e. The monoisotopic (exact) mass is 425 g/mol. The fraction of sp³-hybridized carbons (Fsp3) is 0.773. The molecule has 2 unspecified atom stereocenters. The van der Waals surface area contributed by atoms with Crippen molar-refractivity contribution in [2.24, 2.45) is 10.8 Å². The number of carbonyl (C=O) groups excluding carboxylic acids is 3. The minimum atomic E-state index is -0.548. The van der Waals surface area contributed by atoms with E-state index in [1.54, 1.807) is 6.92 Å². The molecule has 1 aliphatic rings. The molecule has 0 aromatic rings. The Morgan fingerprint density at radius 1 is 1.07 bits per heavy atom. The number of esters is 1. The molecule has 0 heterocycles. The lowest BCUT2D eigenvalue weighted by atomic mass is 9.62. The molecular weight excluding hydrogens is 386 g/mol. The van der Waals surface area contributed by atoms with E-state index in [0.717, 1.165) is 32.1 Å². The SMILES string of the molecule is C=C(C)C(=O)OCCOC(=O)NCC1(C)CC(NC(=O)NCCCC)CC(C)(C)C1. The molecule has 30 heavy (non-hydrogen) atoms. The summed E-state index contributed by atoms with van der Waals surface area (Å²) in [4.78, 5) is 35.5. The van der Waals surface area contributed by atoms with Gasteiger partial charge in [-0.25, -0.2) is 14.4 Å². The Bertz CT molecular complexity index is 620. The minimum Gasteiger partial charge on any atom is -0.459 e. The van der Waals surface area contributed by atoms with Crippen LogP contribution in [0.15, 0.2) is 12.2 Å². The first-order valence-corrected chi connectivity index (χ1v) is 10.7. The van der Waals surface area contributed by atoms with Gasteiger partial charge in [-0.05, 0) is 43.4 Å². The Hall–Kier alpha value is -2.25. The zero-order valence-electron chi connectivity index (χ0n) is 19.2. The van der Waals surface area contributed by atoms with Crippen molar-refractivity contribution in [1.29, 1.82) is 0 Å². The third-order valence-corrected chi connectivity index (χ3v) is 5.15. The van der Waals surface area contributed by atoms with Gasteiger partial charge in [-0.1, -0.05) is 40.7 Å². The maximum atomic E-state index is 12.2. The minimum absolute atomic E-state index is 0.0114. The maximum Gasteiger partial charge on any atom is 0.407 e. The highest BCUT2D eigenvalue weighted by atomic mass is 16.6. The normalized spacial score (nSPS) is 22.5. The third-order valence-electron chi connectivity index (χ3n) is 5.15. The first-order valence-electron chi connectivity index (χ1n) is 10.7. The molecule has 1 aliphatic carbocycles. The van der Waals surface area contributed by atoms with Gasteiger partial charge in [0.05, 0.1) is 0 Å². The van der Waals surface area contributed by atoms with Gasteiger partial charge in [0, 0.05) is 24.7 Å². The van der Waals surface area contributed by atoms with Gasteiger partial charge in [-0.2, -0.15) is 0 Å². The largest absolute Gasteiger partial charge is 0.459 e. The summed E-state index contributed by atoms with van der Waals surface area (Å²) in [6.45, 7) is 14.7. The topological polar surface area (TPSA) is 106 Å². The van der Waals surface area contributed by atoms with Crippen LogP contribution in [0.2, 0.25) is 0 Å². The number of carbonyl (C=O) groups is 3. The molecule has 8 nitrogen and oxygen atoms in total. The number of amides is 3. The van der Waals surface area contributed by atoms with Gasteiger partial charge in [0.25, 0.3) is 0 Å². The van der Waals surface area contributed by atoms with Crippen LogP contribution in [0.25, 0.3) is 0 Å². The van der Waals surface area contributed by atoms with Crippen LogP contribution in [0, 0.1) is 10.8 Å². The van der Waals surface area contributed by atoms with Crippen molar-refractivity contribution in [2.45, 2.75) is 72.8 Å². The van der Waals surface area contributed by atoms with Crippen molar-refractivity contribution in [2.75, 3.05) is 26.3 Å². The molecule has 3 amide bonds. The highest BCUT2D eigenvalue weighted by Crippen LogP contribution is 2.45. The van der Waals surface area contributed by atoms with Gasteiger partial charge >= 0.3 is 18.1 Å². The molecule has 2 atom stereocenters. The highest BCUT2D eigenvalue weighted by molar-refractivity contribution is 5.86. The Morgan fingerprint density at radius 3 is 2.37 bits per heavy atom. The number of urea groups is 1. The summed E-state index contributed by atoms with van der Waals surface area (Å²) in [5.41, 5.74) is 0.167. The number of nitrogens with one attached hydrogen (secondary N) is 3. The van der Waals surface area contributed by atoms with E-state index >= 15 is 0 Å². The third kappa shape index (κ3) is 9.98. The average molecular weight is 426 g/mol. The van der Waals surface area contributed by atoms with E-state index in [1.807, 2.05) is 0 Å². The summed E-state index contributed by atoms with van der Waals surface area (Å²) < 4.78 is 9.96. The molecule has 0 aromatic carbocycles. The molecule has 1 fully saturated rings. The second-order valence-corrected chi connectivity index (χ2v) is 9.42. The fourth-order valence-electron chi connectivity index (χ4n) is 4.21. The van der Waals surface area contributed by atoms with E-state index < -0.39 is 12.1 Å². The van der Waals surface area contributed by atoms with Crippen LogP contribution in [-0.2, 0) is 14.3 Å². The van der Waals surface area contributed by atoms with Gasteiger partial charge in [0.15, 0.2) is 0 Å². The first kappa shape index (κ1) is 25.8. The van der Waals surface area contributed by atoms with Crippen LogP contribution >= 0.6 is 0 Å². The van der Waals surface area contributed by atoms with Crippen LogP contribution in [0.5, 0.6) is 0 Å². The quantitative estimate of drug-likeness (QED) is 0.282. The lowest BCUT2D eigenvalue weighted by Gasteiger charge is -2.46. The van der Waals surface area contributed by atoms with Crippen molar-refractivity contribution in [1.82, 2.24) is 16.0 Å². The molecule has 0 aromatic heterocycles. The molecule has 0 spiro atoms. The molecule has 0 saturated heterocycles. The molecule has 8 heteroatoms. The van der Waals surface area contributed by atoms with Crippen molar-refractivity contribution >= 4 is 18.1 Å². The fourth-order valence-corrected chi connectivity index (χ4v) is 4.21. The second kappa shape index (κ2) is 11.8. The van der Waals surface area contributed by atoms with E-state index in [-0.39, 0.29) is 36.1 Å². The molecular formula is C22H39N3O5. The molecule has 1 saturated carbocycles. The number of hydrogen-bond donors (Lipinski definition) is 3. The van der Waals surface area contributed by atoms with Crippen LogP contribution < -0.4 is 16.0 Å². The lowest BCUT2D eigenvalue weighted by Crippen LogP contribution is -2.52. The van der Waals surface area contributed by atoms with Crippen LogP contribution in [-0.4, -0.2) is 50.4 Å². The van der Waals surface area contributed by atoms with E-state index in [2.05, 4.69) is 50.2 Å². The van der Waals surface area contributed by atoms with Crippen LogP contribution in [0.1, 0.15) is 66.7 Å². The lowest BCUT2D eigenvalue weighted by molar-refractivity contribution is -0.139. The molecule has 0 aliphatic heterocycles. The Morgan fingerprint density at radius 2 is 1.73 bits per heavy atom. The zero-order chi connectivity index (χ0) is 22.8. The molecule has 1 rings (SSSR count). The summed E-state index contributed by atoms with van der Waals surface area (Å²) >= 11 is 0. The van der Waals surface area contributed by atoms with Gasteiger partial charge in [-0.3, -0.25) is 0 Å². The predicted octanol–water partition coefficient (Wildman–Crippen LogP) is 3.52. The van der Waals surface area contributed by atoms with Crippen LogP contribution in [0.4, 0.5) is 9.59 Å². The summed E-state index contributed by atoms with van der Waals surface area (Å²) in [5, 5.41) is 8.80. The summed E-state index contributed by atoms with van der Waals surface area (Å²) in [5.74, 6) is -0.506. The van der Waals surface area contributed by atoms with Gasteiger partial charge in [0.1, 0.15) is 13.2 Å². The van der Waals surface area contributed by atoms with E-state index in [0.29, 0.717) is 18.7 Å². The van der Waals surface area contributed by atoms with E-state index in [9.17, 15) is 14.4 Å². The molecule has 0 radical (unpaired) electrons. The van der Waals surface area contributed by atoms with E-state index in [1.165, 1.54) is 0 Å². The van der Waals surface area contributed by atoms with Crippen molar-refractivity contribution in [3.05, 3.63) is 12.2 Å². The maximum absolute atomic E-state index is 12.2. The number of unbranched alkanes of at least 4 members (excludes halogenated alkanes) is 1. The Kier molecular flexibility index (Phi) is 10.2. The number of ether oxygens (including phenoxy) is 2. The summed E-state index contributed by atoms with van der Waals surface area (Å²) in [7, 11) is 0. The van der Waals surface area contributed by atoms with Crippen LogP contribution in [0.3, 0.4) is 0 Å². The summed E-state index contributed by atoms with van der Waals surface area (Å²) in [6, 6.07) is -0.0927. The summed E-state index contributed by atoms with van der Waals surface area (Å²) in [6.07, 6.45) is 4.03. The molecule has 172 valence electrons. The number of alkyl carbamates (subject to hydrolysis) is 1. The van der Waals surface area contributed by atoms with Crippen molar-refractivity contribution in [3.8, 4) is 0 Å². The van der Waals surface area contributed by atoms with Gasteiger partial charge < -0.3 is 25.4 Å². The van der Waals surface area contributed by atoms with Crippen molar-refractivity contribution in [3.63, 3.8) is 0 Å². The predicted molar refractivity (Wildman–Crippen MR) is 116 cm³/mol. The molecule has 0 bridgehead atoms. The zero-order valence-corrected chi connectivity index (χ0v) is 19.2. The van der Waals surface area contributed by atoms with Gasteiger partial charge in [0.2, 0.25) is 0 Å². The van der Waals surface area contributed by atoms with Gasteiger partial charge in [-0.15, -0.1) is 0 Å².